The minimum atomic E-state index is -1.01. The summed E-state index contributed by atoms with van der Waals surface area (Å²) in [6.45, 7) is -0.288. The number of hydrogen-bond donors (Lipinski definition) is 2. The van der Waals surface area contributed by atoms with E-state index >= 15 is 0 Å². The smallest absolute Gasteiger partial charge is 0.325 e. The molecule has 0 radical (unpaired) electrons. The van der Waals surface area contributed by atoms with Gasteiger partial charge in [0.2, 0.25) is 0 Å². The van der Waals surface area contributed by atoms with Crippen LogP contribution >= 0.6 is 0 Å². The number of carbonyl (C=O) groups excluding carboxylic acids is 1. The molecule has 0 bridgehead atoms. The molecule has 2 N–H and O–H groups in total. The molecule has 1 amide bonds. The van der Waals surface area contributed by atoms with Crippen LogP contribution in [0.15, 0.2) is 6.20 Å². The number of aliphatic carboxylic acids is 1. The van der Waals surface area contributed by atoms with E-state index in [0.717, 1.165) is 30.4 Å². The van der Waals surface area contributed by atoms with Crippen molar-refractivity contribution < 1.29 is 14.7 Å². The number of nitrogens with one attached hydrogen (secondary N) is 1. The molecule has 1 aromatic rings. The number of amides is 1. The van der Waals surface area contributed by atoms with Crippen molar-refractivity contribution in [1.82, 2.24) is 20.3 Å². The minimum absolute atomic E-state index is 0.168. The fourth-order valence-electron chi connectivity index (χ4n) is 2.12. The molecule has 0 atom stereocenters. The Bertz CT molecular complexity index is 437. The van der Waals surface area contributed by atoms with Gasteiger partial charge in [-0.2, -0.15) is 0 Å². The van der Waals surface area contributed by atoms with Crippen molar-refractivity contribution in [2.24, 2.45) is 0 Å². The molecule has 0 unspecified atom stereocenters. The molecular formula is C11H16N4O3. The Kier molecular flexibility index (Phi) is 3.91. The van der Waals surface area contributed by atoms with Gasteiger partial charge in [0, 0.05) is 6.04 Å². The van der Waals surface area contributed by atoms with Gasteiger partial charge in [0.15, 0.2) is 5.69 Å². The zero-order valence-corrected chi connectivity index (χ0v) is 10.0. The van der Waals surface area contributed by atoms with Crippen LogP contribution in [0.25, 0.3) is 0 Å². The Morgan fingerprint density at radius 1 is 1.39 bits per heavy atom. The van der Waals surface area contributed by atoms with E-state index in [1.54, 1.807) is 0 Å². The number of carbonyl (C=O) groups is 2. The van der Waals surface area contributed by atoms with Gasteiger partial charge in [-0.25, -0.2) is 4.68 Å². The predicted octanol–water partition coefficient (Wildman–Crippen LogP) is 0.425. The Morgan fingerprint density at radius 2 is 2.11 bits per heavy atom. The van der Waals surface area contributed by atoms with E-state index in [9.17, 15) is 9.59 Å². The minimum Gasteiger partial charge on any atom is -0.480 e. The van der Waals surface area contributed by atoms with Crippen molar-refractivity contribution in [3.05, 3.63) is 11.9 Å². The summed E-state index contributed by atoms with van der Waals surface area (Å²) >= 11 is 0. The van der Waals surface area contributed by atoms with E-state index in [0.29, 0.717) is 0 Å². The van der Waals surface area contributed by atoms with Gasteiger partial charge in [0.05, 0.1) is 6.20 Å². The van der Waals surface area contributed by atoms with Gasteiger partial charge >= 0.3 is 5.97 Å². The molecule has 0 aromatic carbocycles. The van der Waals surface area contributed by atoms with Gasteiger partial charge < -0.3 is 10.4 Å². The molecule has 18 heavy (non-hydrogen) atoms. The zero-order valence-electron chi connectivity index (χ0n) is 10.0. The maximum Gasteiger partial charge on any atom is 0.325 e. The van der Waals surface area contributed by atoms with Crippen LogP contribution in [0, 0.1) is 0 Å². The number of carboxylic acid groups (broad SMARTS) is 1. The Hall–Kier alpha value is -1.92. The van der Waals surface area contributed by atoms with Gasteiger partial charge in [-0.05, 0) is 12.8 Å². The largest absolute Gasteiger partial charge is 0.480 e. The van der Waals surface area contributed by atoms with Crippen molar-refractivity contribution in [2.75, 3.05) is 0 Å². The summed E-state index contributed by atoms with van der Waals surface area (Å²) < 4.78 is 1.14. The SMILES string of the molecule is O=C(O)Cn1cc(C(=O)NC2CCCCC2)nn1. The monoisotopic (exact) mass is 252 g/mol. The van der Waals surface area contributed by atoms with Crippen LogP contribution in [0.4, 0.5) is 0 Å². The lowest BCUT2D eigenvalue weighted by atomic mass is 9.95. The highest BCUT2D eigenvalue weighted by molar-refractivity contribution is 5.92. The summed E-state index contributed by atoms with van der Waals surface area (Å²) in [5, 5.41) is 18.8. The molecule has 1 saturated carbocycles. The molecule has 0 saturated heterocycles. The number of nitrogens with zero attached hydrogens (tertiary/aromatic N) is 3. The third kappa shape index (κ3) is 3.28. The van der Waals surface area contributed by atoms with E-state index < -0.39 is 5.97 Å². The molecule has 1 aliphatic carbocycles. The van der Waals surface area contributed by atoms with E-state index in [4.69, 9.17) is 5.11 Å². The molecule has 1 aromatic heterocycles. The molecule has 1 heterocycles. The highest BCUT2D eigenvalue weighted by atomic mass is 16.4. The second-order valence-electron chi connectivity index (χ2n) is 4.50. The lowest BCUT2D eigenvalue weighted by Crippen LogP contribution is -2.36. The molecule has 2 rings (SSSR count). The summed E-state index contributed by atoms with van der Waals surface area (Å²) in [5.41, 5.74) is 0.168. The molecule has 1 aliphatic rings. The Morgan fingerprint density at radius 3 is 2.78 bits per heavy atom. The van der Waals surface area contributed by atoms with Gasteiger partial charge in [-0.15, -0.1) is 5.10 Å². The van der Waals surface area contributed by atoms with Crippen molar-refractivity contribution >= 4 is 11.9 Å². The van der Waals surface area contributed by atoms with Crippen LogP contribution < -0.4 is 5.32 Å². The Labute approximate surface area is 104 Å². The molecule has 0 aliphatic heterocycles. The van der Waals surface area contributed by atoms with E-state index in [1.807, 2.05) is 0 Å². The van der Waals surface area contributed by atoms with Gasteiger partial charge in [-0.1, -0.05) is 24.5 Å². The highest BCUT2D eigenvalue weighted by Gasteiger charge is 2.18. The molecule has 7 nitrogen and oxygen atoms in total. The molecule has 7 heteroatoms. The van der Waals surface area contributed by atoms with Crippen molar-refractivity contribution in [1.29, 1.82) is 0 Å². The number of carboxylic acids is 1. The molecule has 1 fully saturated rings. The van der Waals surface area contributed by atoms with Crippen LogP contribution in [0.3, 0.4) is 0 Å². The van der Waals surface area contributed by atoms with Gasteiger partial charge in [0.1, 0.15) is 6.54 Å². The van der Waals surface area contributed by atoms with Gasteiger partial charge in [-0.3, -0.25) is 9.59 Å². The topological polar surface area (TPSA) is 97.1 Å². The first kappa shape index (κ1) is 12.5. The van der Waals surface area contributed by atoms with Crippen molar-refractivity contribution in [3.8, 4) is 0 Å². The van der Waals surface area contributed by atoms with E-state index in [-0.39, 0.29) is 24.2 Å². The van der Waals surface area contributed by atoms with Crippen LogP contribution in [0.2, 0.25) is 0 Å². The summed E-state index contributed by atoms with van der Waals surface area (Å²) in [7, 11) is 0. The number of hydrogen-bond acceptors (Lipinski definition) is 4. The van der Waals surface area contributed by atoms with Crippen LogP contribution in [0.1, 0.15) is 42.6 Å². The lowest BCUT2D eigenvalue weighted by molar-refractivity contribution is -0.137. The fraction of sp³-hybridized carbons (Fsp3) is 0.636. The Balaban J connectivity index is 1.91. The molecular weight excluding hydrogens is 236 g/mol. The third-order valence-corrected chi connectivity index (χ3v) is 3.01. The maximum atomic E-state index is 11.8. The number of aromatic nitrogens is 3. The third-order valence-electron chi connectivity index (χ3n) is 3.01. The summed E-state index contributed by atoms with van der Waals surface area (Å²) in [6.07, 6.45) is 6.84. The molecule has 0 spiro atoms. The zero-order chi connectivity index (χ0) is 13.0. The van der Waals surface area contributed by atoms with Crippen LogP contribution in [-0.4, -0.2) is 38.0 Å². The number of rotatable bonds is 4. The summed E-state index contributed by atoms with van der Waals surface area (Å²) in [4.78, 5) is 22.3. The van der Waals surface area contributed by atoms with Gasteiger partial charge in [0.25, 0.3) is 5.91 Å². The first-order valence-electron chi connectivity index (χ1n) is 6.08. The average Bonchev–Trinajstić information content (AvgIpc) is 2.78. The molecule has 98 valence electrons. The maximum absolute atomic E-state index is 11.8. The van der Waals surface area contributed by atoms with Crippen LogP contribution in [0.5, 0.6) is 0 Å². The first-order chi connectivity index (χ1) is 8.65. The van der Waals surface area contributed by atoms with Crippen molar-refractivity contribution in [3.63, 3.8) is 0 Å². The normalized spacial score (nSPS) is 16.4. The lowest BCUT2D eigenvalue weighted by Gasteiger charge is -2.22. The standard InChI is InChI=1S/C11H16N4O3/c16-10(17)7-15-6-9(13-14-15)11(18)12-8-4-2-1-3-5-8/h6,8H,1-5,7H2,(H,12,18)(H,16,17). The van der Waals surface area contributed by atoms with Crippen LogP contribution in [-0.2, 0) is 11.3 Å². The second-order valence-corrected chi connectivity index (χ2v) is 4.50. The highest BCUT2D eigenvalue weighted by Crippen LogP contribution is 2.17. The quantitative estimate of drug-likeness (QED) is 0.809. The summed E-state index contributed by atoms with van der Waals surface area (Å²) in [6, 6.07) is 0.205. The van der Waals surface area contributed by atoms with E-state index in [2.05, 4.69) is 15.6 Å². The summed E-state index contributed by atoms with van der Waals surface area (Å²) in [5.74, 6) is -1.29. The van der Waals surface area contributed by atoms with Crippen molar-refractivity contribution in [2.45, 2.75) is 44.7 Å². The fourth-order valence-corrected chi connectivity index (χ4v) is 2.12. The van der Waals surface area contributed by atoms with E-state index in [1.165, 1.54) is 12.6 Å². The predicted molar refractivity (Wildman–Crippen MR) is 62.0 cm³/mol. The second kappa shape index (κ2) is 5.61. The average molecular weight is 252 g/mol. The first-order valence-corrected chi connectivity index (χ1v) is 6.08.